The highest BCUT2D eigenvalue weighted by atomic mass is 19.1. The first kappa shape index (κ1) is 11.1. The zero-order valence-corrected chi connectivity index (χ0v) is 9.35. The zero-order chi connectivity index (χ0) is 11.5. The zero-order valence-electron chi connectivity index (χ0n) is 9.35. The summed E-state index contributed by atoms with van der Waals surface area (Å²) in [5.74, 6) is 1.41. The molecule has 0 radical (unpaired) electrons. The first-order valence-corrected chi connectivity index (χ1v) is 5.14. The van der Waals surface area contributed by atoms with E-state index in [9.17, 15) is 4.39 Å². The van der Waals surface area contributed by atoms with Crippen LogP contribution in [0.5, 0.6) is 0 Å². The van der Waals surface area contributed by atoms with E-state index in [4.69, 9.17) is 4.74 Å². The van der Waals surface area contributed by atoms with Crippen molar-refractivity contribution < 1.29 is 9.13 Å². The molecule has 6 heteroatoms. The van der Waals surface area contributed by atoms with Gasteiger partial charge in [-0.3, -0.25) is 0 Å². The lowest BCUT2D eigenvalue weighted by molar-refractivity contribution is 0.173. The van der Waals surface area contributed by atoms with Gasteiger partial charge < -0.3 is 15.0 Å². The van der Waals surface area contributed by atoms with Crippen LogP contribution in [0, 0.1) is 0 Å². The maximum atomic E-state index is 13.3. The van der Waals surface area contributed by atoms with Crippen LogP contribution in [0.3, 0.4) is 0 Å². The molecule has 0 aliphatic carbocycles. The van der Waals surface area contributed by atoms with E-state index in [2.05, 4.69) is 15.3 Å². The molecule has 0 spiro atoms. The minimum absolute atomic E-state index is 0.156. The van der Waals surface area contributed by atoms with Crippen molar-refractivity contribution in [1.29, 1.82) is 0 Å². The number of anilines is 2. The number of nitrogens with one attached hydrogen (secondary N) is 1. The quantitative estimate of drug-likeness (QED) is 0.821. The van der Waals surface area contributed by atoms with Crippen molar-refractivity contribution in [2.75, 3.05) is 37.5 Å². The molecule has 1 aromatic heterocycles. The number of aromatic nitrogens is 2. The number of ether oxygens (including phenoxy) is 1. The Labute approximate surface area is 93.6 Å². The maximum absolute atomic E-state index is 13.3. The Balaban J connectivity index is 2.06. The van der Waals surface area contributed by atoms with Crippen molar-refractivity contribution in [3.63, 3.8) is 0 Å². The summed E-state index contributed by atoms with van der Waals surface area (Å²) in [6, 6.07) is 1.47. The lowest BCUT2D eigenvalue weighted by atomic mass is 10.2. The van der Waals surface area contributed by atoms with Gasteiger partial charge in [0.1, 0.15) is 24.1 Å². The van der Waals surface area contributed by atoms with E-state index in [-0.39, 0.29) is 12.6 Å². The van der Waals surface area contributed by atoms with E-state index in [0.717, 1.165) is 5.82 Å². The van der Waals surface area contributed by atoms with E-state index in [0.29, 0.717) is 12.4 Å². The topological polar surface area (TPSA) is 50.3 Å². The molecule has 2 rings (SSSR count). The number of rotatable bonds is 3. The van der Waals surface area contributed by atoms with Gasteiger partial charge in [-0.05, 0) is 0 Å². The predicted molar refractivity (Wildman–Crippen MR) is 59.5 cm³/mol. The second-order valence-corrected chi connectivity index (χ2v) is 3.96. The van der Waals surface area contributed by atoms with Gasteiger partial charge in [0.25, 0.3) is 0 Å². The second-order valence-electron chi connectivity index (χ2n) is 3.96. The first-order valence-electron chi connectivity index (χ1n) is 5.14. The molecule has 0 amide bonds. The van der Waals surface area contributed by atoms with E-state index >= 15 is 0 Å². The van der Waals surface area contributed by atoms with Crippen molar-refractivity contribution in [2.24, 2.45) is 0 Å². The molecule has 0 unspecified atom stereocenters. The number of hydrogen-bond acceptors (Lipinski definition) is 5. The van der Waals surface area contributed by atoms with Crippen LogP contribution in [0.1, 0.15) is 0 Å². The van der Waals surface area contributed by atoms with Gasteiger partial charge in [-0.2, -0.15) is 0 Å². The van der Waals surface area contributed by atoms with Gasteiger partial charge in [-0.15, -0.1) is 0 Å². The third kappa shape index (κ3) is 2.38. The van der Waals surface area contributed by atoms with E-state index < -0.39 is 6.17 Å². The molecular weight excluding hydrogens is 211 g/mol. The van der Waals surface area contributed by atoms with Crippen LogP contribution < -0.4 is 10.2 Å². The van der Waals surface area contributed by atoms with Gasteiger partial charge in [0, 0.05) is 20.2 Å². The Kier molecular flexibility index (Phi) is 3.19. The van der Waals surface area contributed by atoms with Gasteiger partial charge in [-0.25, -0.2) is 14.4 Å². The van der Waals surface area contributed by atoms with E-state index in [1.807, 2.05) is 19.0 Å². The van der Waals surface area contributed by atoms with Crippen molar-refractivity contribution in [2.45, 2.75) is 12.2 Å². The summed E-state index contributed by atoms with van der Waals surface area (Å²) in [5, 5.41) is 3.01. The average Bonchev–Trinajstić information content (AvgIpc) is 2.65. The average molecular weight is 226 g/mol. The summed E-state index contributed by atoms with van der Waals surface area (Å²) in [4.78, 5) is 10.00. The molecule has 2 heterocycles. The van der Waals surface area contributed by atoms with Gasteiger partial charge in [0.15, 0.2) is 0 Å². The van der Waals surface area contributed by atoms with E-state index in [1.165, 1.54) is 6.33 Å². The lowest BCUT2D eigenvalue weighted by Crippen LogP contribution is -2.29. The third-order valence-electron chi connectivity index (χ3n) is 2.46. The molecule has 1 aromatic rings. The first-order chi connectivity index (χ1) is 7.66. The fourth-order valence-electron chi connectivity index (χ4n) is 1.52. The van der Waals surface area contributed by atoms with Crippen LogP contribution in [-0.2, 0) is 4.74 Å². The summed E-state index contributed by atoms with van der Waals surface area (Å²) in [5.41, 5.74) is 0. The molecule has 1 aliphatic heterocycles. The van der Waals surface area contributed by atoms with E-state index in [1.54, 1.807) is 6.07 Å². The highest BCUT2D eigenvalue weighted by Gasteiger charge is 2.28. The van der Waals surface area contributed by atoms with Crippen LogP contribution in [-0.4, -0.2) is 49.5 Å². The Morgan fingerprint density at radius 1 is 1.44 bits per heavy atom. The molecule has 88 valence electrons. The Morgan fingerprint density at radius 2 is 2.25 bits per heavy atom. The van der Waals surface area contributed by atoms with Crippen molar-refractivity contribution in [3.05, 3.63) is 12.4 Å². The second kappa shape index (κ2) is 4.61. The number of hydrogen-bond donors (Lipinski definition) is 1. The minimum atomic E-state index is -0.974. The molecule has 16 heavy (non-hydrogen) atoms. The van der Waals surface area contributed by atoms with Crippen molar-refractivity contribution in [1.82, 2.24) is 9.97 Å². The van der Waals surface area contributed by atoms with Crippen molar-refractivity contribution >= 4 is 11.6 Å². The third-order valence-corrected chi connectivity index (χ3v) is 2.46. The summed E-state index contributed by atoms with van der Waals surface area (Å²) >= 11 is 0. The molecule has 1 fully saturated rings. The standard InChI is InChI=1S/C10H15FN4O/c1-15(2)10-3-9(12-6-13-10)14-8-5-16-4-7(8)11/h3,6-8H,4-5H2,1-2H3,(H,12,13,14)/t7-,8-/m1/s1. The van der Waals surface area contributed by atoms with Gasteiger partial charge in [0.05, 0.1) is 19.3 Å². The smallest absolute Gasteiger partial charge is 0.146 e. The number of nitrogens with zero attached hydrogens (tertiary/aromatic N) is 3. The molecule has 0 bridgehead atoms. The molecular formula is C10H15FN4O. The summed E-state index contributed by atoms with van der Waals surface area (Å²) < 4.78 is 18.3. The Hall–Kier alpha value is -1.43. The van der Waals surface area contributed by atoms with Gasteiger partial charge in [0.2, 0.25) is 0 Å². The number of alkyl halides is 1. The van der Waals surface area contributed by atoms with Crippen LogP contribution in [0.15, 0.2) is 12.4 Å². The molecule has 1 saturated heterocycles. The van der Waals surface area contributed by atoms with Crippen LogP contribution in [0.25, 0.3) is 0 Å². The molecule has 0 saturated carbocycles. The highest BCUT2D eigenvalue weighted by Crippen LogP contribution is 2.17. The van der Waals surface area contributed by atoms with Crippen LogP contribution in [0.2, 0.25) is 0 Å². The molecule has 1 N–H and O–H groups in total. The summed E-state index contributed by atoms with van der Waals surface area (Å²) in [6.07, 6.45) is 0.485. The summed E-state index contributed by atoms with van der Waals surface area (Å²) in [6.45, 7) is 0.533. The predicted octanol–water partition coefficient (Wildman–Crippen LogP) is 0.691. The molecule has 1 aliphatic rings. The monoisotopic (exact) mass is 226 g/mol. The fourth-order valence-corrected chi connectivity index (χ4v) is 1.52. The van der Waals surface area contributed by atoms with Gasteiger partial charge >= 0.3 is 0 Å². The van der Waals surface area contributed by atoms with Crippen LogP contribution >= 0.6 is 0 Å². The Bertz CT molecular complexity index is 360. The minimum Gasteiger partial charge on any atom is -0.376 e. The van der Waals surface area contributed by atoms with Crippen LogP contribution in [0.4, 0.5) is 16.0 Å². The maximum Gasteiger partial charge on any atom is 0.146 e. The lowest BCUT2D eigenvalue weighted by Gasteiger charge is -2.16. The molecule has 0 aromatic carbocycles. The fraction of sp³-hybridized carbons (Fsp3) is 0.600. The van der Waals surface area contributed by atoms with Crippen molar-refractivity contribution in [3.8, 4) is 0 Å². The SMILES string of the molecule is CN(C)c1cc(N[C@@H]2COC[C@H]2F)ncn1. The van der Waals surface area contributed by atoms with Gasteiger partial charge in [-0.1, -0.05) is 0 Å². The largest absolute Gasteiger partial charge is 0.376 e. The number of halogens is 1. The highest BCUT2D eigenvalue weighted by molar-refractivity contribution is 5.48. The molecule has 2 atom stereocenters. The molecule has 5 nitrogen and oxygen atoms in total. The Morgan fingerprint density at radius 3 is 2.88 bits per heavy atom. The summed E-state index contributed by atoms with van der Waals surface area (Å²) in [7, 11) is 3.78. The normalized spacial score (nSPS) is 24.4.